The van der Waals surface area contributed by atoms with Gasteiger partial charge in [0.15, 0.2) is 0 Å². The van der Waals surface area contributed by atoms with E-state index in [0.29, 0.717) is 5.22 Å². The molecule has 1 aliphatic heterocycles. The Morgan fingerprint density at radius 2 is 1.75 bits per heavy atom. The molecule has 1 saturated carbocycles. The number of rotatable bonds is 9. The monoisotopic (exact) mass is 509 g/mol. The Labute approximate surface area is 207 Å². The molecule has 2 heterocycles. The maximum atomic E-state index is 13.3. The fourth-order valence-electron chi connectivity index (χ4n) is 4.20. The van der Waals surface area contributed by atoms with Gasteiger partial charge in [-0.25, -0.2) is 0 Å². The van der Waals surface area contributed by atoms with E-state index < -0.39 is 6.04 Å². The molecule has 1 aromatic heterocycles. The Morgan fingerprint density at radius 3 is 2.38 bits per heavy atom. The number of thioether (sulfide) groups is 1. The summed E-state index contributed by atoms with van der Waals surface area (Å²) in [5.41, 5.74) is 0. The van der Waals surface area contributed by atoms with Crippen molar-refractivity contribution in [2.75, 3.05) is 39.5 Å². The molecule has 8 nitrogen and oxygen atoms in total. The molecular weight excluding hydrogens is 473 g/mol. The average Bonchev–Trinajstić information content (AvgIpc) is 3.04. The summed E-state index contributed by atoms with van der Waals surface area (Å²) in [5.74, 6) is 0.658. The third-order valence-electron chi connectivity index (χ3n) is 6.04. The quantitative estimate of drug-likeness (QED) is 0.297. The van der Waals surface area contributed by atoms with Gasteiger partial charge in [-0.05, 0) is 58.8 Å². The van der Waals surface area contributed by atoms with Crippen LogP contribution in [0.5, 0.6) is 0 Å². The number of piperidine rings is 1. The number of aromatic nitrogens is 2. The molecule has 32 heavy (non-hydrogen) atoms. The smallest absolute Gasteiger partial charge is 0.286 e. The number of ketones is 1. The predicted octanol–water partition coefficient (Wildman–Crippen LogP) is 3.20. The number of amides is 1. The van der Waals surface area contributed by atoms with Crippen molar-refractivity contribution < 1.29 is 14.0 Å². The molecule has 0 bridgehead atoms. The minimum atomic E-state index is -0.595. The van der Waals surface area contributed by atoms with Gasteiger partial charge < -0.3 is 20.0 Å². The summed E-state index contributed by atoms with van der Waals surface area (Å²) in [7, 11) is 4.01. The number of carbonyl (C=O) groups is 2. The summed E-state index contributed by atoms with van der Waals surface area (Å²) >= 11 is 1.44. The number of hydrogen-bond donors (Lipinski definition) is 2. The zero-order valence-electron chi connectivity index (χ0n) is 19.0. The van der Waals surface area contributed by atoms with Gasteiger partial charge in [-0.2, -0.15) is 0 Å². The summed E-state index contributed by atoms with van der Waals surface area (Å²) in [6.07, 6.45) is 8.06. The van der Waals surface area contributed by atoms with Crippen LogP contribution in [0.3, 0.4) is 0 Å². The molecule has 1 saturated heterocycles. The van der Waals surface area contributed by atoms with E-state index in [4.69, 9.17) is 4.42 Å². The second-order valence-electron chi connectivity index (χ2n) is 8.65. The highest BCUT2D eigenvalue weighted by Gasteiger charge is 2.36. The highest BCUT2D eigenvalue weighted by Crippen LogP contribution is 2.26. The number of nitrogens with zero attached hydrogens (tertiary/aromatic N) is 3. The molecule has 11 heteroatoms. The summed E-state index contributed by atoms with van der Waals surface area (Å²) in [4.78, 5) is 28.3. The van der Waals surface area contributed by atoms with Crippen LogP contribution in [0.4, 0.5) is 0 Å². The van der Waals surface area contributed by atoms with E-state index in [1.807, 2.05) is 14.1 Å². The Hall–Kier alpha value is -0.870. The van der Waals surface area contributed by atoms with Crippen LogP contribution >= 0.6 is 36.6 Å². The van der Waals surface area contributed by atoms with Gasteiger partial charge in [0.25, 0.3) is 11.1 Å². The Bertz CT molecular complexity index is 693. The minimum absolute atomic E-state index is 0. The molecule has 2 N–H and O–H groups in total. The Kier molecular flexibility index (Phi) is 13.8. The van der Waals surface area contributed by atoms with E-state index in [2.05, 4.69) is 25.7 Å². The molecule has 0 spiro atoms. The van der Waals surface area contributed by atoms with Gasteiger partial charge >= 0.3 is 0 Å². The maximum absolute atomic E-state index is 13.3. The van der Waals surface area contributed by atoms with Gasteiger partial charge in [0.1, 0.15) is 6.04 Å². The SMILES string of the molecule is CN(C)CCSc1nnc(C(=O)C(NC(=O)C2CCCCCC2)C2CCNCC2)o1.Cl.Cl. The number of Topliss-reactive ketones (excluding diaryl/α,β-unsaturated/α-hetero) is 1. The molecule has 184 valence electrons. The van der Waals surface area contributed by atoms with Crippen molar-refractivity contribution in [3.05, 3.63) is 5.89 Å². The fourth-order valence-corrected chi connectivity index (χ4v) is 5.07. The summed E-state index contributed by atoms with van der Waals surface area (Å²) in [5, 5.41) is 14.8. The summed E-state index contributed by atoms with van der Waals surface area (Å²) in [6, 6.07) is -0.595. The van der Waals surface area contributed by atoms with Gasteiger partial charge in [-0.15, -0.1) is 35.0 Å². The lowest BCUT2D eigenvalue weighted by Gasteiger charge is -2.30. The second-order valence-corrected chi connectivity index (χ2v) is 9.70. The van der Waals surface area contributed by atoms with Crippen LogP contribution in [-0.2, 0) is 4.79 Å². The van der Waals surface area contributed by atoms with Crippen molar-refractivity contribution in [3.8, 4) is 0 Å². The van der Waals surface area contributed by atoms with Crippen LogP contribution in [0.15, 0.2) is 9.64 Å². The summed E-state index contributed by atoms with van der Waals surface area (Å²) < 4.78 is 5.65. The minimum Gasteiger partial charge on any atom is -0.408 e. The summed E-state index contributed by atoms with van der Waals surface area (Å²) in [6.45, 7) is 2.58. The second kappa shape index (κ2) is 15.1. The van der Waals surface area contributed by atoms with Gasteiger partial charge in [-0.1, -0.05) is 37.4 Å². The number of nitrogens with one attached hydrogen (secondary N) is 2. The van der Waals surface area contributed by atoms with Crippen molar-refractivity contribution in [3.63, 3.8) is 0 Å². The van der Waals surface area contributed by atoms with Crippen LogP contribution in [0.2, 0.25) is 0 Å². The third kappa shape index (κ3) is 8.82. The van der Waals surface area contributed by atoms with Crippen molar-refractivity contribution in [1.82, 2.24) is 25.7 Å². The topological polar surface area (TPSA) is 100 Å². The van der Waals surface area contributed by atoms with E-state index in [0.717, 1.165) is 63.9 Å². The first-order chi connectivity index (χ1) is 14.5. The highest BCUT2D eigenvalue weighted by molar-refractivity contribution is 7.99. The predicted molar refractivity (Wildman–Crippen MR) is 131 cm³/mol. The van der Waals surface area contributed by atoms with Crippen LogP contribution < -0.4 is 10.6 Å². The highest BCUT2D eigenvalue weighted by atomic mass is 35.5. The fraction of sp³-hybridized carbons (Fsp3) is 0.810. The van der Waals surface area contributed by atoms with Gasteiger partial charge in [-0.3, -0.25) is 9.59 Å². The van der Waals surface area contributed by atoms with Crippen LogP contribution in [0.25, 0.3) is 0 Å². The lowest BCUT2D eigenvalue weighted by molar-refractivity contribution is -0.126. The number of hydrogen-bond acceptors (Lipinski definition) is 8. The number of halogens is 2. The lowest BCUT2D eigenvalue weighted by atomic mass is 9.86. The Morgan fingerprint density at radius 1 is 1.09 bits per heavy atom. The first-order valence-corrected chi connectivity index (χ1v) is 12.2. The molecule has 3 rings (SSSR count). The van der Waals surface area contributed by atoms with Crippen molar-refractivity contribution >= 4 is 48.3 Å². The number of carbonyl (C=O) groups excluding carboxylic acids is 2. The molecule has 0 radical (unpaired) electrons. The van der Waals surface area contributed by atoms with E-state index in [9.17, 15) is 9.59 Å². The van der Waals surface area contributed by atoms with Crippen molar-refractivity contribution in [2.24, 2.45) is 11.8 Å². The van der Waals surface area contributed by atoms with Crippen LogP contribution in [-0.4, -0.2) is 72.3 Å². The molecular formula is C21H37Cl2N5O3S. The molecule has 1 atom stereocenters. The van der Waals surface area contributed by atoms with E-state index in [1.54, 1.807) is 0 Å². The molecule has 2 aliphatic rings. The van der Waals surface area contributed by atoms with Gasteiger partial charge in [0.05, 0.1) is 0 Å². The Balaban J connectivity index is 0.00000256. The lowest BCUT2D eigenvalue weighted by Crippen LogP contribution is -2.50. The first kappa shape index (κ1) is 29.2. The van der Waals surface area contributed by atoms with E-state index in [-0.39, 0.29) is 54.2 Å². The zero-order valence-corrected chi connectivity index (χ0v) is 21.5. The third-order valence-corrected chi connectivity index (χ3v) is 6.84. The van der Waals surface area contributed by atoms with Gasteiger partial charge in [0, 0.05) is 18.2 Å². The first-order valence-electron chi connectivity index (χ1n) is 11.2. The van der Waals surface area contributed by atoms with E-state index >= 15 is 0 Å². The standard InChI is InChI=1S/C21H35N5O3S.2ClH/c1-26(2)13-14-30-21-25-24-20(29-21)18(27)17(15-9-11-22-12-10-15)23-19(28)16-7-5-3-4-6-8-16;;/h15-17,22H,3-14H2,1-2H3,(H,23,28);2*1H. The molecule has 1 unspecified atom stereocenters. The van der Waals surface area contributed by atoms with Crippen molar-refractivity contribution in [1.29, 1.82) is 0 Å². The molecule has 1 aliphatic carbocycles. The molecule has 1 aromatic rings. The molecule has 0 aromatic carbocycles. The molecule has 2 fully saturated rings. The average molecular weight is 511 g/mol. The van der Waals surface area contributed by atoms with Gasteiger partial charge in [0.2, 0.25) is 11.7 Å². The van der Waals surface area contributed by atoms with Crippen LogP contribution in [0.1, 0.15) is 62.1 Å². The zero-order chi connectivity index (χ0) is 21.3. The van der Waals surface area contributed by atoms with Crippen molar-refractivity contribution in [2.45, 2.75) is 62.6 Å². The normalized spacial score (nSPS) is 18.8. The maximum Gasteiger partial charge on any atom is 0.286 e. The van der Waals surface area contributed by atoms with Crippen LogP contribution in [0, 0.1) is 11.8 Å². The van der Waals surface area contributed by atoms with E-state index in [1.165, 1.54) is 24.6 Å². The molecule has 1 amide bonds. The largest absolute Gasteiger partial charge is 0.408 e.